The number of carbonyl (C=O) groups excluding carboxylic acids is 1. The first-order chi connectivity index (χ1) is 4.81. The van der Waals surface area contributed by atoms with E-state index in [0.29, 0.717) is 5.78 Å². The molecular formula is C8H13NO. The van der Waals surface area contributed by atoms with Crippen molar-refractivity contribution >= 4 is 5.78 Å². The molecule has 0 amide bonds. The molecule has 1 aliphatic carbocycles. The van der Waals surface area contributed by atoms with E-state index in [2.05, 4.69) is 0 Å². The van der Waals surface area contributed by atoms with Gasteiger partial charge in [-0.25, -0.2) is 0 Å². The molecule has 0 saturated heterocycles. The van der Waals surface area contributed by atoms with Crippen LogP contribution in [0.5, 0.6) is 0 Å². The number of nitriles is 1. The van der Waals surface area contributed by atoms with Crippen LogP contribution >= 0.6 is 0 Å². The Morgan fingerprint density at radius 2 is 1.70 bits per heavy atom. The number of carbonyl (C=O) groups is 1. The molecule has 0 aromatic heterocycles. The van der Waals surface area contributed by atoms with Crippen LogP contribution in [-0.4, -0.2) is 5.78 Å². The van der Waals surface area contributed by atoms with Gasteiger partial charge in [-0.15, -0.1) is 0 Å². The van der Waals surface area contributed by atoms with Gasteiger partial charge < -0.3 is 0 Å². The monoisotopic (exact) mass is 139 g/mol. The quantitative estimate of drug-likeness (QED) is 0.515. The van der Waals surface area contributed by atoms with Crippen molar-refractivity contribution in [1.82, 2.24) is 0 Å². The first-order valence-corrected chi connectivity index (χ1v) is 3.63. The van der Waals surface area contributed by atoms with Gasteiger partial charge in [0.15, 0.2) is 0 Å². The van der Waals surface area contributed by atoms with Gasteiger partial charge in [-0.2, -0.15) is 5.26 Å². The van der Waals surface area contributed by atoms with Crippen molar-refractivity contribution < 1.29 is 4.79 Å². The highest BCUT2D eigenvalue weighted by atomic mass is 16.1. The van der Waals surface area contributed by atoms with E-state index in [0.717, 1.165) is 25.7 Å². The van der Waals surface area contributed by atoms with Crippen molar-refractivity contribution in [2.45, 2.75) is 39.0 Å². The second kappa shape index (κ2) is 6.28. The van der Waals surface area contributed by atoms with Crippen molar-refractivity contribution in [3.8, 4) is 6.07 Å². The van der Waals surface area contributed by atoms with Gasteiger partial charge in [0.1, 0.15) is 5.78 Å². The summed E-state index contributed by atoms with van der Waals surface area (Å²) in [4.78, 5) is 10.5. The van der Waals surface area contributed by atoms with Crippen LogP contribution in [0.25, 0.3) is 0 Å². The molecule has 1 rings (SSSR count). The fourth-order valence-corrected chi connectivity index (χ4v) is 0.946. The SMILES string of the molecule is CC#N.O=C1CCCCC1. The van der Waals surface area contributed by atoms with Crippen LogP contribution in [0.2, 0.25) is 0 Å². The highest BCUT2D eigenvalue weighted by Gasteiger charge is 2.05. The molecule has 2 heteroatoms. The van der Waals surface area contributed by atoms with Crippen molar-refractivity contribution in [2.75, 3.05) is 0 Å². The van der Waals surface area contributed by atoms with Crippen molar-refractivity contribution in [1.29, 1.82) is 5.26 Å². The molecule has 1 saturated carbocycles. The van der Waals surface area contributed by atoms with Gasteiger partial charge in [0.2, 0.25) is 0 Å². The number of hydrogen-bond donors (Lipinski definition) is 0. The van der Waals surface area contributed by atoms with Gasteiger partial charge in [0.05, 0.1) is 6.07 Å². The lowest BCUT2D eigenvalue weighted by molar-refractivity contribution is -0.120. The molecule has 1 fully saturated rings. The van der Waals surface area contributed by atoms with Crippen LogP contribution in [0.3, 0.4) is 0 Å². The average molecular weight is 139 g/mol. The zero-order valence-corrected chi connectivity index (χ0v) is 6.39. The van der Waals surface area contributed by atoms with Gasteiger partial charge in [0.25, 0.3) is 0 Å². The summed E-state index contributed by atoms with van der Waals surface area (Å²) < 4.78 is 0. The number of hydrogen-bond acceptors (Lipinski definition) is 2. The van der Waals surface area contributed by atoms with Crippen LogP contribution in [0, 0.1) is 11.3 Å². The number of Topliss-reactive ketones (excluding diaryl/α,β-unsaturated/α-hetero) is 1. The molecule has 0 unspecified atom stereocenters. The second-order valence-electron chi connectivity index (χ2n) is 2.32. The van der Waals surface area contributed by atoms with Crippen LogP contribution in [0.15, 0.2) is 0 Å². The summed E-state index contributed by atoms with van der Waals surface area (Å²) in [5, 5.41) is 7.32. The lowest BCUT2D eigenvalue weighted by Crippen LogP contribution is -2.02. The molecule has 0 N–H and O–H groups in total. The summed E-state index contributed by atoms with van der Waals surface area (Å²) in [5.41, 5.74) is 0. The van der Waals surface area contributed by atoms with E-state index >= 15 is 0 Å². The molecule has 0 aliphatic heterocycles. The molecule has 0 aromatic carbocycles. The van der Waals surface area contributed by atoms with Gasteiger partial charge in [-0.1, -0.05) is 6.42 Å². The van der Waals surface area contributed by atoms with Crippen molar-refractivity contribution in [3.05, 3.63) is 0 Å². The minimum atomic E-state index is 0.464. The Balaban J connectivity index is 0.000000236. The lowest BCUT2D eigenvalue weighted by Gasteiger charge is -2.05. The van der Waals surface area contributed by atoms with Crippen molar-refractivity contribution in [2.24, 2.45) is 0 Å². The van der Waals surface area contributed by atoms with Crippen molar-refractivity contribution in [3.63, 3.8) is 0 Å². The van der Waals surface area contributed by atoms with Gasteiger partial charge >= 0.3 is 0 Å². The molecule has 0 radical (unpaired) electrons. The maximum Gasteiger partial charge on any atom is 0.132 e. The summed E-state index contributed by atoms with van der Waals surface area (Å²) in [7, 11) is 0. The summed E-state index contributed by atoms with van der Waals surface area (Å²) in [5.74, 6) is 0.464. The predicted molar refractivity (Wildman–Crippen MR) is 39.4 cm³/mol. The smallest absolute Gasteiger partial charge is 0.132 e. The van der Waals surface area contributed by atoms with E-state index in [-0.39, 0.29) is 0 Å². The third-order valence-electron chi connectivity index (χ3n) is 1.41. The van der Waals surface area contributed by atoms with Crippen LogP contribution in [0.1, 0.15) is 39.0 Å². The van der Waals surface area contributed by atoms with E-state index in [4.69, 9.17) is 5.26 Å². The topological polar surface area (TPSA) is 40.9 Å². The summed E-state index contributed by atoms with van der Waals surface area (Å²) in [6.07, 6.45) is 5.24. The number of nitrogens with zero attached hydrogens (tertiary/aromatic N) is 1. The highest BCUT2D eigenvalue weighted by Crippen LogP contribution is 2.12. The van der Waals surface area contributed by atoms with Gasteiger partial charge in [0, 0.05) is 19.8 Å². The Morgan fingerprint density at radius 1 is 1.30 bits per heavy atom. The summed E-state index contributed by atoms with van der Waals surface area (Å²) in [6.45, 7) is 1.43. The molecule has 10 heavy (non-hydrogen) atoms. The molecule has 0 bridgehead atoms. The van der Waals surface area contributed by atoms with E-state index in [1.54, 1.807) is 6.07 Å². The molecule has 0 heterocycles. The lowest BCUT2D eigenvalue weighted by atomic mass is 10.00. The van der Waals surface area contributed by atoms with Crippen LogP contribution < -0.4 is 0 Å². The largest absolute Gasteiger partial charge is 0.300 e. The molecular weight excluding hydrogens is 126 g/mol. The first kappa shape index (κ1) is 9.16. The Labute approximate surface area is 61.8 Å². The molecule has 0 spiro atoms. The molecule has 2 nitrogen and oxygen atoms in total. The normalized spacial score (nSPS) is 16.6. The highest BCUT2D eigenvalue weighted by molar-refractivity contribution is 5.78. The fourth-order valence-electron chi connectivity index (χ4n) is 0.946. The van der Waals surface area contributed by atoms with E-state index in [9.17, 15) is 4.79 Å². The van der Waals surface area contributed by atoms with E-state index in [1.807, 2.05) is 0 Å². The van der Waals surface area contributed by atoms with Crippen LogP contribution in [0.4, 0.5) is 0 Å². The predicted octanol–water partition coefficient (Wildman–Crippen LogP) is 2.05. The minimum absolute atomic E-state index is 0.464. The maximum absolute atomic E-state index is 10.5. The molecule has 56 valence electrons. The first-order valence-electron chi connectivity index (χ1n) is 3.63. The summed E-state index contributed by atoms with van der Waals surface area (Å²) in [6, 6.07) is 1.75. The summed E-state index contributed by atoms with van der Waals surface area (Å²) >= 11 is 0. The zero-order valence-electron chi connectivity index (χ0n) is 6.39. The Hall–Kier alpha value is -0.840. The number of ketones is 1. The van der Waals surface area contributed by atoms with Gasteiger partial charge in [-0.3, -0.25) is 4.79 Å². The third kappa shape index (κ3) is 5.30. The number of rotatable bonds is 0. The molecule has 1 aliphatic rings. The molecule has 0 aromatic rings. The van der Waals surface area contributed by atoms with E-state index < -0.39 is 0 Å². The Morgan fingerprint density at radius 3 is 1.90 bits per heavy atom. The van der Waals surface area contributed by atoms with E-state index in [1.165, 1.54) is 13.3 Å². The van der Waals surface area contributed by atoms with Gasteiger partial charge in [-0.05, 0) is 12.8 Å². The van der Waals surface area contributed by atoms with Crippen LogP contribution in [-0.2, 0) is 4.79 Å². The fraction of sp³-hybridized carbons (Fsp3) is 0.750. The third-order valence-corrected chi connectivity index (χ3v) is 1.41. The minimum Gasteiger partial charge on any atom is -0.300 e. The average Bonchev–Trinajstić information content (AvgIpc) is 1.91. The molecule has 0 atom stereocenters. The Kier molecular flexibility index (Phi) is 5.75. The standard InChI is InChI=1S/C6H10O.C2H3N/c7-6-4-2-1-3-5-6;1-2-3/h1-5H2;1H3. The Bertz CT molecular complexity index is 127. The zero-order chi connectivity index (χ0) is 7.82. The second-order valence-corrected chi connectivity index (χ2v) is 2.32. The maximum atomic E-state index is 10.5.